The lowest BCUT2D eigenvalue weighted by Gasteiger charge is -2.10. The van der Waals surface area contributed by atoms with E-state index in [0.717, 1.165) is 24.0 Å². The van der Waals surface area contributed by atoms with Gasteiger partial charge in [-0.15, -0.1) is 0 Å². The molecule has 0 fully saturated rings. The van der Waals surface area contributed by atoms with Crippen LogP contribution in [0, 0.1) is 0 Å². The molecule has 0 saturated heterocycles. The van der Waals surface area contributed by atoms with E-state index < -0.39 is 10.0 Å². The van der Waals surface area contributed by atoms with Crippen LogP contribution < -0.4 is 4.72 Å². The van der Waals surface area contributed by atoms with Crippen molar-refractivity contribution in [1.29, 1.82) is 0 Å². The third-order valence-electron chi connectivity index (χ3n) is 4.50. The Morgan fingerprint density at radius 2 is 1.66 bits per heavy atom. The highest BCUT2D eigenvalue weighted by Gasteiger charge is 2.16. The summed E-state index contributed by atoms with van der Waals surface area (Å²) < 4.78 is 30.0. The lowest BCUT2D eigenvalue weighted by atomic mass is 10.1. The first-order valence-electron chi connectivity index (χ1n) is 8.88. The molecule has 1 heterocycles. The molecule has 0 unspecified atom stereocenters. The highest BCUT2D eigenvalue weighted by Crippen LogP contribution is 2.25. The summed E-state index contributed by atoms with van der Waals surface area (Å²) in [6, 6.07) is 19.6. The monoisotopic (exact) mass is 445 g/mol. The number of hydrogen-bond donors (Lipinski definition) is 1. The summed E-state index contributed by atoms with van der Waals surface area (Å²) in [5.41, 5.74) is 3.32. The average molecular weight is 446 g/mol. The standard InChI is InChI=1S/C21H17Cl2N3O2S/c22-16-10-17(23)12-19(11-16)29(27,28)25-18-6-7-20-21(13-18)26(14-24-20)9-8-15-4-2-1-3-5-15/h1-7,10-14,25H,8-9H2. The van der Waals surface area contributed by atoms with Crippen LogP contribution in [0.25, 0.3) is 11.0 Å². The zero-order valence-corrected chi connectivity index (χ0v) is 17.5. The topological polar surface area (TPSA) is 64.0 Å². The molecule has 0 aliphatic heterocycles. The van der Waals surface area contributed by atoms with Crippen LogP contribution in [0.3, 0.4) is 0 Å². The number of nitrogens with zero attached hydrogens (tertiary/aromatic N) is 2. The van der Waals surface area contributed by atoms with Gasteiger partial charge in [-0.1, -0.05) is 53.5 Å². The molecule has 0 spiro atoms. The minimum atomic E-state index is -3.83. The number of imidazole rings is 1. The minimum Gasteiger partial charge on any atom is -0.330 e. The summed E-state index contributed by atoms with van der Waals surface area (Å²) in [7, 11) is -3.83. The highest BCUT2D eigenvalue weighted by molar-refractivity contribution is 7.92. The molecule has 0 saturated carbocycles. The van der Waals surface area contributed by atoms with Crippen molar-refractivity contribution in [3.63, 3.8) is 0 Å². The second kappa shape index (κ2) is 8.06. The zero-order valence-electron chi connectivity index (χ0n) is 15.2. The molecule has 5 nitrogen and oxygen atoms in total. The van der Waals surface area contributed by atoms with Crippen molar-refractivity contribution in [1.82, 2.24) is 9.55 Å². The van der Waals surface area contributed by atoms with Gasteiger partial charge in [0.1, 0.15) is 0 Å². The predicted octanol–water partition coefficient (Wildman–Crippen LogP) is 5.39. The number of aromatic nitrogens is 2. The van der Waals surface area contributed by atoms with E-state index in [-0.39, 0.29) is 14.9 Å². The Balaban J connectivity index is 1.60. The first kappa shape index (κ1) is 19.8. The largest absolute Gasteiger partial charge is 0.330 e. The molecular weight excluding hydrogens is 429 g/mol. The fraction of sp³-hybridized carbons (Fsp3) is 0.0952. The van der Waals surface area contributed by atoms with Crippen molar-refractivity contribution in [2.24, 2.45) is 0 Å². The number of halogens is 2. The summed E-state index contributed by atoms with van der Waals surface area (Å²) in [5, 5.41) is 0.514. The van der Waals surface area contributed by atoms with Gasteiger partial charge in [0.2, 0.25) is 0 Å². The zero-order chi connectivity index (χ0) is 20.4. The Hall–Kier alpha value is -2.54. The first-order valence-corrected chi connectivity index (χ1v) is 11.1. The Labute approximate surface area is 179 Å². The number of fused-ring (bicyclic) bond motifs is 1. The van der Waals surface area contributed by atoms with Crippen molar-refractivity contribution in [2.45, 2.75) is 17.9 Å². The summed E-state index contributed by atoms with van der Waals surface area (Å²) in [6.45, 7) is 0.737. The van der Waals surface area contributed by atoms with Crippen LogP contribution in [-0.4, -0.2) is 18.0 Å². The van der Waals surface area contributed by atoms with Gasteiger partial charge >= 0.3 is 0 Å². The van der Waals surface area contributed by atoms with Crippen molar-refractivity contribution < 1.29 is 8.42 Å². The fourth-order valence-corrected chi connectivity index (χ4v) is 4.87. The SMILES string of the molecule is O=S(=O)(Nc1ccc2ncn(CCc3ccccc3)c2c1)c1cc(Cl)cc(Cl)c1. The second-order valence-electron chi connectivity index (χ2n) is 6.59. The van der Waals surface area contributed by atoms with Crippen LogP contribution >= 0.6 is 23.2 Å². The van der Waals surface area contributed by atoms with Gasteiger partial charge in [-0.3, -0.25) is 4.72 Å². The van der Waals surface area contributed by atoms with E-state index in [1.807, 2.05) is 22.8 Å². The summed E-state index contributed by atoms with van der Waals surface area (Å²) in [6.07, 6.45) is 2.62. The van der Waals surface area contributed by atoms with Crippen molar-refractivity contribution in [2.75, 3.05) is 4.72 Å². The maximum absolute atomic E-state index is 12.7. The molecule has 0 aliphatic rings. The maximum atomic E-state index is 12.7. The van der Waals surface area contributed by atoms with Gasteiger partial charge in [0, 0.05) is 16.6 Å². The van der Waals surface area contributed by atoms with Gasteiger partial charge in [-0.2, -0.15) is 0 Å². The molecule has 0 atom stereocenters. The lowest BCUT2D eigenvalue weighted by Crippen LogP contribution is -2.13. The molecule has 0 aliphatic carbocycles. The summed E-state index contributed by atoms with van der Waals surface area (Å²) >= 11 is 11.9. The molecular formula is C21H17Cl2N3O2S. The molecule has 4 aromatic rings. The predicted molar refractivity (Wildman–Crippen MR) is 117 cm³/mol. The number of nitrogens with one attached hydrogen (secondary N) is 1. The molecule has 1 N–H and O–H groups in total. The van der Waals surface area contributed by atoms with Crippen molar-refractivity contribution in [3.05, 3.63) is 88.7 Å². The third kappa shape index (κ3) is 4.56. The van der Waals surface area contributed by atoms with Gasteiger partial charge in [0.25, 0.3) is 10.0 Å². The van der Waals surface area contributed by atoms with Crippen LogP contribution in [0.1, 0.15) is 5.56 Å². The van der Waals surface area contributed by atoms with Gasteiger partial charge in [-0.25, -0.2) is 13.4 Å². The molecule has 3 aromatic carbocycles. The maximum Gasteiger partial charge on any atom is 0.261 e. The van der Waals surface area contributed by atoms with Crippen LogP contribution in [0.4, 0.5) is 5.69 Å². The molecule has 8 heteroatoms. The van der Waals surface area contributed by atoms with Crippen LogP contribution in [-0.2, 0) is 23.0 Å². The van der Waals surface area contributed by atoms with Gasteiger partial charge in [0.05, 0.1) is 27.9 Å². The quantitative estimate of drug-likeness (QED) is 0.432. The van der Waals surface area contributed by atoms with E-state index in [1.54, 1.807) is 24.5 Å². The van der Waals surface area contributed by atoms with Crippen molar-refractivity contribution >= 4 is 49.9 Å². The van der Waals surface area contributed by atoms with E-state index in [0.29, 0.717) is 5.69 Å². The van der Waals surface area contributed by atoms with Gasteiger partial charge in [0.15, 0.2) is 0 Å². The number of rotatable bonds is 6. The van der Waals surface area contributed by atoms with Crippen LogP contribution in [0.5, 0.6) is 0 Å². The summed E-state index contributed by atoms with van der Waals surface area (Å²) in [4.78, 5) is 4.41. The molecule has 0 amide bonds. The lowest BCUT2D eigenvalue weighted by molar-refractivity contribution is 0.601. The number of anilines is 1. The number of sulfonamides is 1. The van der Waals surface area contributed by atoms with Gasteiger partial charge < -0.3 is 4.57 Å². The number of benzene rings is 3. The van der Waals surface area contributed by atoms with E-state index >= 15 is 0 Å². The van der Waals surface area contributed by atoms with Gasteiger partial charge in [-0.05, 0) is 48.4 Å². The molecule has 148 valence electrons. The Kier molecular flexibility index (Phi) is 5.50. The average Bonchev–Trinajstić information content (AvgIpc) is 3.08. The van der Waals surface area contributed by atoms with Crippen LogP contribution in [0.15, 0.2) is 78.0 Å². The van der Waals surface area contributed by atoms with E-state index in [4.69, 9.17) is 23.2 Å². The first-order chi connectivity index (χ1) is 13.9. The molecule has 0 bridgehead atoms. The summed E-state index contributed by atoms with van der Waals surface area (Å²) in [5.74, 6) is 0. The normalized spacial score (nSPS) is 11.7. The van der Waals surface area contributed by atoms with E-state index in [9.17, 15) is 8.42 Å². The third-order valence-corrected chi connectivity index (χ3v) is 6.30. The smallest absolute Gasteiger partial charge is 0.261 e. The number of aryl methyl sites for hydroxylation is 2. The van der Waals surface area contributed by atoms with E-state index in [1.165, 1.54) is 23.8 Å². The molecule has 1 aromatic heterocycles. The Morgan fingerprint density at radius 1 is 0.931 bits per heavy atom. The molecule has 29 heavy (non-hydrogen) atoms. The minimum absolute atomic E-state index is 0.00711. The number of hydrogen-bond acceptors (Lipinski definition) is 3. The molecule has 0 radical (unpaired) electrons. The Bertz CT molecular complexity index is 1250. The second-order valence-corrected chi connectivity index (χ2v) is 9.14. The van der Waals surface area contributed by atoms with Crippen LogP contribution in [0.2, 0.25) is 10.0 Å². The fourth-order valence-electron chi connectivity index (χ4n) is 3.09. The Morgan fingerprint density at radius 3 is 2.38 bits per heavy atom. The molecule has 4 rings (SSSR count). The van der Waals surface area contributed by atoms with E-state index in [2.05, 4.69) is 21.8 Å². The highest BCUT2D eigenvalue weighted by atomic mass is 35.5. The van der Waals surface area contributed by atoms with Crippen molar-refractivity contribution in [3.8, 4) is 0 Å².